The quantitative estimate of drug-likeness (QED) is 0.854. The Hall–Kier alpha value is -1.10. The van der Waals surface area contributed by atoms with Crippen LogP contribution in [0.25, 0.3) is 0 Å². The van der Waals surface area contributed by atoms with E-state index in [0.29, 0.717) is 13.2 Å². The van der Waals surface area contributed by atoms with Gasteiger partial charge in [-0.2, -0.15) is 0 Å². The molecule has 0 spiro atoms. The Morgan fingerprint density at radius 3 is 3.06 bits per heavy atom. The largest absolute Gasteiger partial charge is 0.492 e. The number of rotatable bonds is 5. The van der Waals surface area contributed by atoms with E-state index in [1.807, 2.05) is 19.1 Å². The molecule has 2 rings (SSSR count). The summed E-state index contributed by atoms with van der Waals surface area (Å²) in [6.07, 6.45) is 0.111. The molecule has 2 N–H and O–H groups in total. The first-order valence-electron chi connectivity index (χ1n) is 6.58. The summed E-state index contributed by atoms with van der Waals surface area (Å²) in [6, 6.07) is 8.21. The average molecular weight is 250 g/mol. The zero-order chi connectivity index (χ0) is 12.8. The van der Waals surface area contributed by atoms with Gasteiger partial charge in [0.25, 0.3) is 0 Å². The molecule has 1 aromatic rings. The molecule has 0 radical (unpaired) electrons. The molecular weight excluding hydrogens is 228 g/mol. The Morgan fingerprint density at radius 1 is 1.44 bits per heavy atom. The molecule has 1 atom stereocenters. The van der Waals surface area contributed by atoms with E-state index in [2.05, 4.69) is 17.0 Å². The van der Waals surface area contributed by atoms with Crippen molar-refractivity contribution in [1.29, 1.82) is 0 Å². The van der Waals surface area contributed by atoms with E-state index in [9.17, 15) is 0 Å². The maximum atomic E-state index is 5.74. The maximum absolute atomic E-state index is 5.74. The normalized spacial score (nSPS) is 17.7. The molecule has 4 nitrogen and oxygen atoms in total. The number of nitrogens with two attached hydrogens (primary N) is 1. The number of ether oxygens (including phenoxy) is 2. The minimum atomic E-state index is 0.111. The third-order valence-electron chi connectivity index (χ3n) is 3.16. The fourth-order valence-electron chi connectivity index (χ4n) is 2.25. The van der Waals surface area contributed by atoms with Gasteiger partial charge in [0.2, 0.25) is 0 Å². The standard InChI is InChI=1S/C14H22N2O2/c1-2-17-13(9-15)11-16-7-8-18-14-6-4-3-5-12(14)10-16/h3-6,13H,2,7-11,15H2,1H3. The summed E-state index contributed by atoms with van der Waals surface area (Å²) in [4.78, 5) is 2.35. The summed E-state index contributed by atoms with van der Waals surface area (Å²) in [5.41, 5.74) is 6.96. The van der Waals surface area contributed by atoms with Crippen LogP contribution in [-0.4, -0.2) is 43.9 Å². The maximum Gasteiger partial charge on any atom is 0.123 e. The second kappa shape index (κ2) is 6.73. The van der Waals surface area contributed by atoms with Gasteiger partial charge in [0.15, 0.2) is 0 Å². The first kappa shape index (κ1) is 13.3. The van der Waals surface area contributed by atoms with Gasteiger partial charge in [-0.3, -0.25) is 4.90 Å². The second-order valence-corrected chi connectivity index (χ2v) is 4.50. The Bertz CT molecular complexity index is 371. The van der Waals surface area contributed by atoms with Gasteiger partial charge >= 0.3 is 0 Å². The van der Waals surface area contributed by atoms with Crippen molar-refractivity contribution >= 4 is 0 Å². The SMILES string of the molecule is CCOC(CN)CN1CCOc2ccccc2C1. The van der Waals surface area contributed by atoms with Gasteiger partial charge in [0.1, 0.15) is 12.4 Å². The van der Waals surface area contributed by atoms with Crippen molar-refractivity contribution in [1.82, 2.24) is 4.90 Å². The topological polar surface area (TPSA) is 47.7 Å². The highest BCUT2D eigenvalue weighted by Gasteiger charge is 2.18. The molecule has 0 saturated heterocycles. The Morgan fingerprint density at radius 2 is 2.28 bits per heavy atom. The Kier molecular flexibility index (Phi) is 4.99. The number of hydrogen-bond acceptors (Lipinski definition) is 4. The van der Waals surface area contributed by atoms with Crippen molar-refractivity contribution in [3.8, 4) is 5.75 Å². The zero-order valence-electron chi connectivity index (χ0n) is 11.0. The third-order valence-corrected chi connectivity index (χ3v) is 3.16. The van der Waals surface area contributed by atoms with Gasteiger partial charge in [-0.25, -0.2) is 0 Å². The van der Waals surface area contributed by atoms with Gasteiger partial charge in [0.05, 0.1) is 6.10 Å². The molecule has 1 unspecified atom stereocenters. The molecule has 1 heterocycles. The number of para-hydroxylation sites is 1. The van der Waals surface area contributed by atoms with Crippen molar-refractivity contribution in [3.63, 3.8) is 0 Å². The highest BCUT2D eigenvalue weighted by molar-refractivity contribution is 5.33. The molecule has 100 valence electrons. The summed E-state index contributed by atoms with van der Waals surface area (Å²) in [5, 5.41) is 0. The molecule has 18 heavy (non-hydrogen) atoms. The highest BCUT2D eigenvalue weighted by Crippen LogP contribution is 2.22. The van der Waals surface area contributed by atoms with E-state index in [1.165, 1.54) is 5.56 Å². The minimum absolute atomic E-state index is 0.111. The predicted octanol–water partition coefficient (Wildman–Crippen LogP) is 1.24. The van der Waals surface area contributed by atoms with Crippen LogP contribution in [0, 0.1) is 0 Å². The molecule has 0 aliphatic carbocycles. The summed E-state index contributed by atoms with van der Waals surface area (Å²) in [6.45, 7) is 6.68. The van der Waals surface area contributed by atoms with Crippen LogP contribution in [0.3, 0.4) is 0 Å². The Balaban J connectivity index is 1.99. The third kappa shape index (κ3) is 3.45. The van der Waals surface area contributed by atoms with Crippen molar-refractivity contribution in [2.45, 2.75) is 19.6 Å². The number of benzene rings is 1. The van der Waals surface area contributed by atoms with E-state index in [4.69, 9.17) is 15.2 Å². The lowest BCUT2D eigenvalue weighted by atomic mass is 10.2. The lowest BCUT2D eigenvalue weighted by molar-refractivity contribution is 0.0361. The van der Waals surface area contributed by atoms with Crippen molar-refractivity contribution < 1.29 is 9.47 Å². The summed E-state index contributed by atoms with van der Waals surface area (Å²) >= 11 is 0. The van der Waals surface area contributed by atoms with Crippen molar-refractivity contribution in [2.75, 3.05) is 32.8 Å². The summed E-state index contributed by atoms with van der Waals surface area (Å²) in [5.74, 6) is 1.00. The van der Waals surface area contributed by atoms with E-state index >= 15 is 0 Å². The molecule has 0 amide bonds. The number of nitrogens with zero attached hydrogens (tertiary/aromatic N) is 1. The molecule has 4 heteroatoms. The molecule has 1 aromatic carbocycles. The van der Waals surface area contributed by atoms with Gasteiger partial charge in [-0.05, 0) is 13.0 Å². The average Bonchev–Trinajstić information content (AvgIpc) is 2.59. The van der Waals surface area contributed by atoms with Gasteiger partial charge in [0, 0.05) is 38.3 Å². The van der Waals surface area contributed by atoms with Crippen molar-refractivity contribution in [3.05, 3.63) is 29.8 Å². The molecule has 0 fully saturated rings. The van der Waals surface area contributed by atoms with Crippen LogP contribution in [0.1, 0.15) is 12.5 Å². The summed E-state index contributed by atoms with van der Waals surface area (Å²) < 4.78 is 11.4. The van der Waals surface area contributed by atoms with Crippen molar-refractivity contribution in [2.24, 2.45) is 5.73 Å². The molecule has 1 aliphatic heterocycles. The fourth-order valence-corrected chi connectivity index (χ4v) is 2.25. The predicted molar refractivity (Wildman–Crippen MR) is 71.7 cm³/mol. The molecular formula is C14H22N2O2. The smallest absolute Gasteiger partial charge is 0.123 e. The van der Waals surface area contributed by atoms with Gasteiger partial charge in [-0.15, -0.1) is 0 Å². The van der Waals surface area contributed by atoms with Crippen LogP contribution >= 0.6 is 0 Å². The van der Waals surface area contributed by atoms with Gasteiger partial charge < -0.3 is 15.2 Å². The van der Waals surface area contributed by atoms with E-state index < -0.39 is 0 Å². The first-order chi connectivity index (χ1) is 8.83. The highest BCUT2D eigenvalue weighted by atomic mass is 16.5. The fraction of sp³-hybridized carbons (Fsp3) is 0.571. The lowest BCUT2D eigenvalue weighted by Gasteiger charge is -2.24. The van der Waals surface area contributed by atoms with Gasteiger partial charge in [-0.1, -0.05) is 18.2 Å². The second-order valence-electron chi connectivity index (χ2n) is 4.50. The monoisotopic (exact) mass is 250 g/mol. The zero-order valence-corrected chi connectivity index (χ0v) is 11.0. The minimum Gasteiger partial charge on any atom is -0.492 e. The van der Waals surface area contributed by atoms with Crippen LogP contribution in [0.4, 0.5) is 0 Å². The van der Waals surface area contributed by atoms with Crippen LogP contribution in [0.5, 0.6) is 5.75 Å². The summed E-state index contributed by atoms with van der Waals surface area (Å²) in [7, 11) is 0. The molecule has 1 aliphatic rings. The van der Waals surface area contributed by atoms with Crippen LogP contribution in [-0.2, 0) is 11.3 Å². The molecule has 0 aromatic heterocycles. The molecule has 0 saturated carbocycles. The Labute approximate surface area is 109 Å². The van der Waals surface area contributed by atoms with Crippen LogP contribution in [0.15, 0.2) is 24.3 Å². The van der Waals surface area contributed by atoms with E-state index in [-0.39, 0.29) is 6.10 Å². The number of fused-ring (bicyclic) bond motifs is 1. The first-order valence-corrected chi connectivity index (χ1v) is 6.58. The number of hydrogen-bond donors (Lipinski definition) is 1. The lowest BCUT2D eigenvalue weighted by Crippen LogP contribution is -2.39. The van der Waals surface area contributed by atoms with E-state index in [0.717, 1.165) is 32.0 Å². The molecule has 0 bridgehead atoms. The van der Waals surface area contributed by atoms with Crippen LogP contribution in [0.2, 0.25) is 0 Å². The van der Waals surface area contributed by atoms with Crippen LogP contribution < -0.4 is 10.5 Å². The van der Waals surface area contributed by atoms with E-state index in [1.54, 1.807) is 0 Å².